The summed E-state index contributed by atoms with van der Waals surface area (Å²) in [6, 6.07) is 6.11. The maximum atomic E-state index is 11.7. The Morgan fingerprint density at radius 2 is 1.92 bits per heavy atom. The van der Waals surface area contributed by atoms with Crippen LogP contribution in [0, 0.1) is 0 Å². The van der Waals surface area contributed by atoms with Crippen LogP contribution in [0.25, 0.3) is 6.08 Å². The third-order valence-electron chi connectivity index (χ3n) is 2.91. The molecule has 0 aliphatic rings. The fourth-order valence-corrected chi connectivity index (χ4v) is 1.74. The van der Waals surface area contributed by atoms with E-state index in [-0.39, 0.29) is 0 Å². The smallest absolute Gasteiger partial charge is 0.337 e. The Morgan fingerprint density at radius 1 is 1.16 bits per heavy atom. The minimum Gasteiger partial charge on any atom is -0.465 e. The van der Waals surface area contributed by atoms with E-state index in [0.29, 0.717) is 16.9 Å². The molecule has 25 heavy (non-hydrogen) atoms. The second kappa shape index (κ2) is 8.92. The number of hydrogen-bond donors (Lipinski definition) is 1. The van der Waals surface area contributed by atoms with Crippen LogP contribution in [0.5, 0.6) is 0 Å². The molecule has 0 saturated carbocycles. The highest BCUT2D eigenvalue weighted by Gasteiger charge is 2.08. The Balaban J connectivity index is 1.79. The number of carbonyl (C=O) groups excluding carboxylic acids is 3. The maximum absolute atomic E-state index is 11.7. The molecule has 1 aromatic carbocycles. The van der Waals surface area contributed by atoms with Gasteiger partial charge in [0.05, 0.1) is 24.6 Å². The highest BCUT2D eigenvalue weighted by molar-refractivity contribution is 5.95. The number of esters is 2. The quantitative estimate of drug-likeness (QED) is 0.626. The van der Waals surface area contributed by atoms with E-state index in [2.05, 4.69) is 20.0 Å². The van der Waals surface area contributed by atoms with Crippen LogP contribution < -0.4 is 5.32 Å². The van der Waals surface area contributed by atoms with Crippen molar-refractivity contribution in [3.8, 4) is 0 Å². The fourth-order valence-electron chi connectivity index (χ4n) is 1.74. The minimum absolute atomic E-state index is 0.362. The lowest BCUT2D eigenvalue weighted by atomic mass is 10.2. The summed E-state index contributed by atoms with van der Waals surface area (Å²) >= 11 is 0. The van der Waals surface area contributed by atoms with Crippen molar-refractivity contribution in [3.63, 3.8) is 0 Å². The summed E-state index contributed by atoms with van der Waals surface area (Å²) in [5.74, 6) is -1.66. The molecule has 0 fully saturated rings. The molecule has 0 saturated heterocycles. The van der Waals surface area contributed by atoms with Crippen molar-refractivity contribution in [3.05, 3.63) is 60.2 Å². The molecule has 128 valence electrons. The largest absolute Gasteiger partial charge is 0.465 e. The van der Waals surface area contributed by atoms with Gasteiger partial charge in [-0.05, 0) is 30.3 Å². The predicted octanol–water partition coefficient (Wildman–Crippen LogP) is 1.46. The molecule has 0 atom stereocenters. The first kappa shape index (κ1) is 17.8. The van der Waals surface area contributed by atoms with Crippen LogP contribution in [0.4, 0.5) is 5.69 Å². The third-order valence-corrected chi connectivity index (χ3v) is 2.91. The van der Waals surface area contributed by atoms with Crippen LogP contribution in [0.2, 0.25) is 0 Å². The number of benzene rings is 1. The molecule has 1 amide bonds. The van der Waals surface area contributed by atoms with E-state index in [1.807, 2.05) is 0 Å². The molecule has 8 nitrogen and oxygen atoms in total. The Bertz CT molecular complexity index is 773. The molecule has 0 spiro atoms. The molecule has 0 bridgehead atoms. The van der Waals surface area contributed by atoms with E-state index in [0.717, 1.165) is 6.08 Å². The number of anilines is 1. The lowest BCUT2D eigenvalue weighted by Crippen LogP contribution is -2.20. The van der Waals surface area contributed by atoms with E-state index < -0.39 is 24.5 Å². The van der Waals surface area contributed by atoms with Crippen LogP contribution in [0.15, 0.2) is 48.9 Å². The van der Waals surface area contributed by atoms with Gasteiger partial charge >= 0.3 is 11.9 Å². The normalized spacial score (nSPS) is 10.3. The van der Waals surface area contributed by atoms with E-state index >= 15 is 0 Å². The predicted molar refractivity (Wildman–Crippen MR) is 88.4 cm³/mol. The Kier molecular flexibility index (Phi) is 6.35. The minimum atomic E-state index is -0.679. The van der Waals surface area contributed by atoms with Crippen molar-refractivity contribution >= 4 is 29.6 Å². The van der Waals surface area contributed by atoms with E-state index in [4.69, 9.17) is 4.74 Å². The zero-order valence-electron chi connectivity index (χ0n) is 13.3. The first-order valence-electron chi connectivity index (χ1n) is 7.17. The summed E-state index contributed by atoms with van der Waals surface area (Å²) in [5.41, 5.74) is 1.32. The Labute approximate surface area is 143 Å². The molecule has 0 aliphatic heterocycles. The van der Waals surface area contributed by atoms with Gasteiger partial charge in [0, 0.05) is 24.2 Å². The number of nitrogens with zero attached hydrogens (tertiary/aromatic N) is 2. The van der Waals surface area contributed by atoms with Gasteiger partial charge in [-0.3, -0.25) is 14.8 Å². The van der Waals surface area contributed by atoms with Crippen LogP contribution >= 0.6 is 0 Å². The average molecular weight is 341 g/mol. The molecule has 1 heterocycles. The number of rotatable bonds is 6. The van der Waals surface area contributed by atoms with Gasteiger partial charge in [0.15, 0.2) is 6.61 Å². The van der Waals surface area contributed by atoms with Gasteiger partial charge in [0.1, 0.15) is 0 Å². The highest BCUT2D eigenvalue weighted by atomic mass is 16.5. The van der Waals surface area contributed by atoms with Crippen molar-refractivity contribution in [1.82, 2.24) is 9.97 Å². The molecular formula is C17H15N3O5. The summed E-state index contributed by atoms with van der Waals surface area (Å²) in [6.07, 6.45) is 7.07. The topological polar surface area (TPSA) is 107 Å². The van der Waals surface area contributed by atoms with Gasteiger partial charge in [0.25, 0.3) is 5.91 Å². The van der Waals surface area contributed by atoms with E-state index in [1.165, 1.54) is 43.9 Å². The molecular weight excluding hydrogens is 326 g/mol. The third kappa shape index (κ3) is 5.87. The van der Waals surface area contributed by atoms with Crippen molar-refractivity contribution in [2.75, 3.05) is 19.0 Å². The first-order chi connectivity index (χ1) is 12.1. The lowest BCUT2D eigenvalue weighted by Gasteiger charge is -2.06. The summed E-state index contributed by atoms with van der Waals surface area (Å²) in [6.45, 7) is -0.442. The molecule has 1 aromatic heterocycles. The van der Waals surface area contributed by atoms with Crippen molar-refractivity contribution in [2.24, 2.45) is 0 Å². The molecule has 0 unspecified atom stereocenters. The van der Waals surface area contributed by atoms with Crippen LogP contribution in [-0.4, -0.2) is 41.5 Å². The van der Waals surface area contributed by atoms with Gasteiger partial charge < -0.3 is 14.8 Å². The van der Waals surface area contributed by atoms with Gasteiger partial charge in [-0.15, -0.1) is 0 Å². The van der Waals surface area contributed by atoms with Crippen LogP contribution in [0.1, 0.15) is 16.1 Å². The number of methoxy groups -OCH3 is 1. The number of hydrogen-bond acceptors (Lipinski definition) is 7. The molecule has 0 aliphatic carbocycles. The molecule has 2 aromatic rings. The Morgan fingerprint density at radius 3 is 2.56 bits per heavy atom. The standard InChI is InChI=1S/C17H15N3O5/c1-24-17(23)12-2-4-13(5-3-12)20-15(21)11-25-16(22)7-6-14-10-18-8-9-19-14/h2-10H,11H2,1H3,(H,20,21). The number of carbonyl (C=O) groups is 3. The van der Waals surface area contributed by atoms with Crippen LogP contribution in [-0.2, 0) is 19.1 Å². The highest BCUT2D eigenvalue weighted by Crippen LogP contribution is 2.10. The van der Waals surface area contributed by atoms with Crippen molar-refractivity contribution < 1.29 is 23.9 Å². The maximum Gasteiger partial charge on any atom is 0.337 e. The summed E-state index contributed by atoms with van der Waals surface area (Å²) in [5, 5.41) is 2.54. The SMILES string of the molecule is COC(=O)c1ccc(NC(=O)COC(=O)C=Cc2cnccn2)cc1. The Hall–Kier alpha value is -3.55. The van der Waals surface area contributed by atoms with Gasteiger partial charge in [-0.1, -0.05) is 0 Å². The molecule has 2 rings (SSSR count). The zero-order chi connectivity index (χ0) is 18.1. The number of ether oxygens (including phenoxy) is 2. The average Bonchev–Trinajstić information content (AvgIpc) is 2.65. The van der Waals surface area contributed by atoms with Crippen LogP contribution in [0.3, 0.4) is 0 Å². The first-order valence-corrected chi connectivity index (χ1v) is 7.17. The van der Waals surface area contributed by atoms with E-state index in [1.54, 1.807) is 12.1 Å². The second-order valence-electron chi connectivity index (χ2n) is 4.69. The van der Waals surface area contributed by atoms with E-state index in [9.17, 15) is 14.4 Å². The van der Waals surface area contributed by atoms with Gasteiger partial charge in [-0.2, -0.15) is 0 Å². The lowest BCUT2D eigenvalue weighted by molar-refractivity contribution is -0.142. The van der Waals surface area contributed by atoms with Crippen molar-refractivity contribution in [2.45, 2.75) is 0 Å². The summed E-state index contributed by atoms with van der Waals surface area (Å²) in [4.78, 5) is 42.4. The molecule has 8 heteroatoms. The second-order valence-corrected chi connectivity index (χ2v) is 4.69. The monoisotopic (exact) mass is 341 g/mol. The fraction of sp³-hybridized carbons (Fsp3) is 0.118. The van der Waals surface area contributed by atoms with Crippen molar-refractivity contribution in [1.29, 1.82) is 0 Å². The number of nitrogens with one attached hydrogen (secondary N) is 1. The zero-order valence-corrected chi connectivity index (χ0v) is 13.3. The number of amides is 1. The summed E-state index contributed by atoms with van der Waals surface area (Å²) < 4.78 is 9.40. The van der Waals surface area contributed by atoms with Gasteiger partial charge in [-0.25, -0.2) is 9.59 Å². The number of aromatic nitrogens is 2. The van der Waals surface area contributed by atoms with Gasteiger partial charge in [0.2, 0.25) is 0 Å². The molecule has 1 N–H and O–H groups in total. The summed E-state index contributed by atoms with van der Waals surface area (Å²) in [7, 11) is 1.28. The molecule has 0 radical (unpaired) electrons.